The van der Waals surface area contributed by atoms with Gasteiger partial charge in [-0.05, 0) is 49.2 Å². The van der Waals surface area contributed by atoms with Gasteiger partial charge in [0.25, 0.3) is 0 Å². The monoisotopic (exact) mass is 341 g/mol. The molecule has 1 atom stereocenters. The van der Waals surface area contributed by atoms with Crippen molar-refractivity contribution in [3.63, 3.8) is 0 Å². The van der Waals surface area contributed by atoms with Crippen LogP contribution in [0.25, 0.3) is 11.0 Å². The average molecular weight is 341 g/mol. The summed E-state index contributed by atoms with van der Waals surface area (Å²) in [5, 5.41) is 10.4. The number of methoxy groups -OCH3 is 1. The lowest BCUT2D eigenvalue weighted by molar-refractivity contribution is -0.645. The van der Waals surface area contributed by atoms with Gasteiger partial charge in [-0.15, -0.1) is 0 Å². The predicted octanol–water partition coefficient (Wildman–Crippen LogP) is 2.53. The molecule has 132 valence electrons. The summed E-state index contributed by atoms with van der Waals surface area (Å²) in [6.45, 7) is 4.92. The van der Waals surface area contributed by atoms with Crippen molar-refractivity contribution < 1.29 is 19.1 Å². The summed E-state index contributed by atoms with van der Waals surface area (Å²) in [5.41, 5.74) is 4.78. The zero-order valence-electron chi connectivity index (χ0n) is 15.2. The summed E-state index contributed by atoms with van der Waals surface area (Å²) < 4.78 is 15.0. The van der Waals surface area contributed by atoms with Crippen molar-refractivity contribution in [1.29, 1.82) is 0 Å². The minimum atomic E-state index is -0.608. The Morgan fingerprint density at radius 2 is 1.84 bits per heavy atom. The third kappa shape index (κ3) is 3.77. The van der Waals surface area contributed by atoms with Gasteiger partial charge in [0, 0.05) is 6.07 Å². The van der Waals surface area contributed by atoms with Gasteiger partial charge < -0.3 is 14.6 Å². The van der Waals surface area contributed by atoms with E-state index in [0.717, 1.165) is 16.8 Å². The molecule has 0 aliphatic rings. The van der Waals surface area contributed by atoms with Gasteiger partial charge in [-0.2, -0.15) is 0 Å². The Kier molecular flexibility index (Phi) is 4.95. The van der Waals surface area contributed by atoms with E-state index < -0.39 is 6.10 Å². The number of aromatic nitrogens is 2. The van der Waals surface area contributed by atoms with Crippen LogP contribution in [-0.2, 0) is 13.6 Å². The highest BCUT2D eigenvalue weighted by atomic mass is 16.5. The van der Waals surface area contributed by atoms with E-state index in [1.807, 2.05) is 37.6 Å². The maximum atomic E-state index is 10.4. The van der Waals surface area contributed by atoms with Crippen LogP contribution in [0, 0.1) is 13.8 Å². The Balaban J connectivity index is 1.71. The summed E-state index contributed by atoms with van der Waals surface area (Å²) in [5.74, 6) is 1.43. The van der Waals surface area contributed by atoms with Gasteiger partial charge in [0.2, 0.25) is 6.33 Å². The van der Waals surface area contributed by atoms with E-state index in [-0.39, 0.29) is 6.61 Å². The average Bonchev–Trinajstić information content (AvgIpc) is 2.89. The molecule has 0 saturated carbocycles. The fourth-order valence-corrected chi connectivity index (χ4v) is 2.94. The zero-order valence-corrected chi connectivity index (χ0v) is 15.2. The van der Waals surface area contributed by atoms with Crippen molar-refractivity contribution in [1.82, 2.24) is 4.57 Å². The number of rotatable bonds is 6. The summed E-state index contributed by atoms with van der Waals surface area (Å²) in [7, 11) is 3.64. The van der Waals surface area contributed by atoms with Crippen molar-refractivity contribution in [2.24, 2.45) is 7.05 Å². The largest absolute Gasteiger partial charge is 0.497 e. The fraction of sp³-hybridized carbons (Fsp3) is 0.350. The molecule has 5 heteroatoms. The van der Waals surface area contributed by atoms with Crippen LogP contribution in [0.1, 0.15) is 11.1 Å². The second kappa shape index (κ2) is 7.15. The first-order valence-electron chi connectivity index (χ1n) is 8.38. The number of fused-ring (bicyclic) bond motifs is 1. The predicted molar refractivity (Wildman–Crippen MR) is 97.1 cm³/mol. The van der Waals surface area contributed by atoms with Crippen molar-refractivity contribution in [2.75, 3.05) is 13.7 Å². The van der Waals surface area contributed by atoms with Crippen LogP contribution in [0.15, 0.2) is 42.7 Å². The molecule has 0 amide bonds. The van der Waals surface area contributed by atoms with E-state index >= 15 is 0 Å². The lowest BCUT2D eigenvalue weighted by Crippen LogP contribution is -2.27. The van der Waals surface area contributed by atoms with E-state index in [4.69, 9.17) is 9.47 Å². The summed E-state index contributed by atoms with van der Waals surface area (Å²) in [6.07, 6.45) is 1.40. The first kappa shape index (κ1) is 17.3. The molecular weight excluding hydrogens is 316 g/mol. The topological polar surface area (TPSA) is 47.5 Å². The van der Waals surface area contributed by atoms with Gasteiger partial charge in [0.15, 0.2) is 11.0 Å². The maximum Gasteiger partial charge on any atom is 0.244 e. The molecule has 0 unspecified atom stereocenters. The smallest absolute Gasteiger partial charge is 0.244 e. The highest BCUT2D eigenvalue weighted by Crippen LogP contribution is 2.20. The first-order valence-corrected chi connectivity index (χ1v) is 8.38. The van der Waals surface area contributed by atoms with Gasteiger partial charge >= 0.3 is 0 Å². The molecule has 1 aromatic heterocycles. The van der Waals surface area contributed by atoms with Crippen molar-refractivity contribution in [3.05, 3.63) is 53.9 Å². The second-order valence-corrected chi connectivity index (χ2v) is 6.45. The van der Waals surface area contributed by atoms with Gasteiger partial charge in [-0.3, -0.25) is 0 Å². The number of aryl methyl sites for hydroxylation is 3. The highest BCUT2D eigenvalue weighted by molar-refractivity contribution is 5.74. The minimum absolute atomic E-state index is 0.224. The number of hydrogen-bond donors (Lipinski definition) is 1. The van der Waals surface area contributed by atoms with Crippen LogP contribution in [0.5, 0.6) is 11.5 Å². The number of hydrogen-bond acceptors (Lipinski definition) is 3. The summed E-state index contributed by atoms with van der Waals surface area (Å²) in [6, 6.07) is 11.7. The third-order valence-electron chi connectivity index (χ3n) is 4.48. The Bertz CT molecular complexity index is 886. The van der Waals surface area contributed by atoms with Crippen molar-refractivity contribution in [2.45, 2.75) is 26.5 Å². The van der Waals surface area contributed by atoms with Crippen molar-refractivity contribution in [3.8, 4) is 11.5 Å². The van der Waals surface area contributed by atoms with Crippen LogP contribution in [0.3, 0.4) is 0 Å². The molecule has 1 heterocycles. The molecule has 1 N–H and O–H groups in total. The molecule has 2 aromatic carbocycles. The van der Waals surface area contributed by atoms with E-state index in [0.29, 0.717) is 12.3 Å². The maximum absolute atomic E-state index is 10.4. The quantitative estimate of drug-likeness (QED) is 0.701. The summed E-state index contributed by atoms with van der Waals surface area (Å²) in [4.78, 5) is 0. The minimum Gasteiger partial charge on any atom is -0.497 e. The van der Waals surface area contributed by atoms with Gasteiger partial charge in [-0.25, -0.2) is 9.13 Å². The lowest BCUT2D eigenvalue weighted by Gasteiger charge is -2.12. The number of aliphatic hydroxyl groups excluding tert-OH is 1. The molecule has 0 spiro atoms. The van der Waals surface area contributed by atoms with Gasteiger partial charge in [-0.1, -0.05) is 6.07 Å². The van der Waals surface area contributed by atoms with Crippen LogP contribution in [-0.4, -0.2) is 29.5 Å². The number of aliphatic hydroxyl groups is 1. The Morgan fingerprint density at radius 1 is 1.12 bits per heavy atom. The van der Waals surface area contributed by atoms with Crippen molar-refractivity contribution >= 4 is 11.0 Å². The second-order valence-electron chi connectivity index (χ2n) is 6.45. The SMILES string of the molecule is COc1cccc(OC[C@H](O)Cn2c[n+](C)c3cc(C)c(C)cc32)c1. The molecule has 0 saturated heterocycles. The normalized spacial score (nSPS) is 12.4. The van der Waals surface area contributed by atoms with Crippen LogP contribution < -0.4 is 14.0 Å². The fourth-order valence-electron chi connectivity index (χ4n) is 2.94. The molecule has 5 nitrogen and oxygen atoms in total. The number of ether oxygens (including phenoxy) is 2. The Labute approximate surface area is 148 Å². The molecule has 0 aliphatic carbocycles. The lowest BCUT2D eigenvalue weighted by atomic mass is 10.1. The van der Waals surface area contributed by atoms with E-state index in [1.165, 1.54) is 11.1 Å². The van der Waals surface area contributed by atoms with E-state index in [2.05, 4.69) is 35.1 Å². The van der Waals surface area contributed by atoms with Crippen LogP contribution in [0.4, 0.5) is 0 Å². The summed E-state index contributed by atoms with van der Waals surface area (Å²) >= 11 is 0. The molecule has 0 fully saturated rings. The highest BCUT2D eigenvalue weighted by Gasteiger charge is 2.18. The number of benzene rings is 2. The molecule has 25 heavy (non-hydrogen) atoms. The number of imidazole rings is 1. The molecular formula is C20H25N2O3+. The first-order chi connectivity index (χ1) is 12.0. The molecule has 0 radical (unpaired) electrons. The Hall–Kier alpha value is -2.53. The molecule has 0 bridgehead atoms. The zero-order chi connectivity index (χ0) is 18.0. The standard InChI is InChI=1S/C20H25N2O3/c1-14-8-19-20(9-15(14)2)22(13-21(19)3)11-16(23)12-25-18-7-5-6-17(10-18)24-4/h5-10,13,16,23H,11-12H2,1-4H3/q+1/t16-/m1/s1. The van der Waals surface area contributed by atoms with Crippen LogP contribution in [0.2, 0.25) is 0 Å². The van der Waals surface area contributed by atoms with E-state index in [9.17, 15) is 5.11 Å². The van der Waals surface area contributed by atoms with Gasteiger partial charge in [0.1, 0.15) is 30.8 Å². The van der Waals surface area contributed by atoms with E-state index in [1.54, 1.807) is 7.11 Å². The van der Waals surface area contributed by atoms with Gasteiger partial charge in [0.05, 0.1) is 14.2 Å². The van der Waals surface area contributed by atoms with Crippen LogP contribution >= 0.6 is 0 Å². The molecule has 3 rings (SSSR count). The molecule has 3 aromatic rings. The molecule has 0 aliphatic heterocycles. The number of nitrogens with zero attached hydrogens (tertiary/aromatic N) is 2. The third-order valence-corrected chi connectivity index (χ3v) is 4.48. The Morgan fingerprint density at radius 3 is 2.60 bits per heavy atom.